The molecular weight excluding hydrogens is 144 g/mol. The first-order chi connectivity index (χ1) is 5.80. The Hall–Kier alpha value is -0.780. The van der Waals surface area contributed by atoms with E-state index in [2.05, 4.69) is 50.3 Å². The summed E-state index contributed by atoms with van der Waals surface area (Å²) >= 11 is 0. The average molecular weight is 162 g/mol. The molecule has 0 bridgehead atoms. The zero-order valence-electron chi connectivity index (χ0n) is 8.03. The predicted octanol–water partition coefficient (Wildman–Crippen LogP) is 3.72. The van der Waals surface area contributed by atoms with Crippen molar-refractivity contribution in [3.8, 4) is 0 Å². The molecule has 12 heavy (non-hydrogen) atoms. The number of hydrogen-bond acceptors (Lipinski definition) is 0. The standard InChI is InChI=1S/C12H18/c1-11-9-7-5-3-4-6-8-10-12(11)2/h3-7,9,11-12H,8,10H2,1-2H3/b5-3-,6-4+,9-7-/t11-,12-/m1/s1. The van der Waals surface area contributed by atoms with Gasteiger partial charge in [-0.25, -0.2) is 0 Å². The van der Waals surface area contributed by atoms with Crippen molar-refractivity contribution >= 4 is 0 Å². The highest BCUT2D eigenvalue weighted by molar-refractivity contribution is 5.12. The zero-order valence-corrected chi connectivity index (χ0v) is 8.03. The van der Waals surface area contributed by atoms with Gasteiger partial charge in [0.2, 0.25) is 0 Å². The minimum absolute atomic E-state index is 0.709. The molecule has 0 saturated heterocycles. The molecule has 0 heteroatoms. The Bertz CT molecular complexity index is 196. The van der Waals surface area contributed by atoms with E-state index < -0.39 is 0 Å². The van der Waals surface area contributed by atoms with Crippen LogP contribution in [0.25, 0.3) is 0 Å². The second kappa shape index (κ2) is 4.97. The summed E-state index contributed by atoms with van der Waals surface area (Å²) in [5.74, 6) is 1.51. The van der Waals surface area contributed by atoms with Crippen molar-refractivity contribution in [2.24, 2.45) is 11.8 Å². The molecule has 0 aromatic heterocycles. The molecule has 0 N–H and O–H groups in total. The second-order valence-electron chi connectivity index (χ2n) is 3.61. The van der Waals surface area contributed by atoms with E-state index in [1.807, 2.05) is 0 Å². The molecule has 1 rings (SSSR count). The van der Waals surface area contributed by atoms with Gasteiger partial charge in [0.1, 0.15) is 0 Å². The Balaban J connectivity index is 2.60. The summed E-state index contributed by atoms with van der Waals surface area (Å²) in [5, 5.41) is 0. The molecular formula is C12H18. The van der Waals surface area contributed by atoms with Crippen molar-refractivity contribution in [3.63, 3.8) is 0 Å². The van der Waals surface area contributed by atoms with Crippen LogP contribution in [0.3, 0.4) is 0 Å². The molecule has 1 aliphatic carbocycles. The van der Waals surface area contributed by atoms with E-state index in [0.717, 1.165) is 5.92 Å². The quantitative estimate of drug-likeness (QED) is 0.509. The topological polar surface area (TPSA) is 0 Å². The van der Waals surface area contributed by atoms with E-state index in [0.29, 0.717) is 5.92 Å². The second-order valence-corrected chi connectivity index (χ2v) is 3.61. The lowest BCUT2D eigenvalue weighted by Gasteiger charge is -2.15. The van der Waals surface area contributed by atoms with Gasteiger partial charge in [-0.3, -0.25) is 0 Å². The third-order valence-corrected chi connectivity index (χ3v) is 2.57. The lowest BCUT2D eigenvalue weighted by atomic mass is 9.91. The minimum atomic E-state index is 0.709. The number of hydrogen-bond donors (Lipinski definition) is 0. The van der Waals surface area contributed by atoms with Gasteiger partial charge in [-0.15, -0.1) is 0 Å². The van der Waals surface area contributed by atoms with Crippen LogP contribution in [0.1, 0.15) is 26.7 Å². The maximum absolute atomic E-state index is 2.33. The van der Waals surface area contributed by atoms with E-state index in [1.54, 1.807) is 0 Å². The van der Waals surface area contributed by atoms with Crippen LogP contribution in [0.2, 0.25) is 0 Å². The molecule has 0 aromatic rings. The fraction of sp³-hybridized carbons (Fsp3) is 0.500. The summed E-state index contributed by atoms with van der Waals surface area (Å²) in [5.41, 5.74) is 0. The monoisotopic (exact) mass is 162 g/mol. The van der Waals surface area contributed by atoms with Gasteiger partial charge in [-0.05, 0) is 24.7 Å². The van der Waals surface area contributed by atoms with Crippen LogP contribution < -0.4 is 0 Å². The summed E-state index contributed by atoms with van der Waals surface area (Å²) in [6.45, 7) is 4.62. The maximum Gasteiger partial charge on any atom is -0.0233 e. The van der Waals surface area contributed by atoms with Crippen LogP contribution in [-0.4, -0.2) is 0 Å². The molecule has 0 fully saturated rings. The smallest absolute Gasteiger partial charge is 0.0233 e. The summed E-state index contributed by atoms with van der Waals surface area (Å²) in [7, 11) is 0. The maximum atomic E-state index is 2.33. The highest BCUT2D eigenvalue weighted by Crippen LogP contribution is 2.18. The highest BCUT2D eigenvalue weighted by Gasteiger charge is 2.07. The van der Waals surface area contributed by atoms with Crippen LogP contribution >= 0.6 is 0 Å². The molecule has 66 valence electrons. The van der Waals surface area contributed by atoms with Crippen molar-refractivity contribution in [1.29, 1.82) is 0 Å². The van der Waals surface area contributed by atoms with Crippen LogP contribution in [0, 0.1) is 11.8 Å². The van der Waals surface area contributed by atoms with Gasteiger partial charge >= 0.3 is 0 Å². The zero-order chi connectivity index (χ0) is 8.81. The third-order valence-electron chi connectivity index (χ3n) is 2.57. The van der Waals surface area contributed by atoms with E-state index in [1.165, 1.54) is 12.8 Å². The van der Waals surface area contributed by atoms with Gasteiger partial charge in [0.15, 0.2) is 0 Å². The Labute approximate surface area is 75.7 Å². The van der Waals surface area contributed by atoms with Crippen LogP contribution in [-0.2, 0) is 0 Å². The molecule has 0 amide bonds. The summed E-state index contributed by atoms with van der Waals surface area (Å²) in [6.07, 6.45) is 15.5. The highest BCUT2D eigenvalue weighted by atomic mass is 14.1. The van der Waals surface area contributed by atoms with E-state index in [-0.39, 0.29) is 0 Å². The molecule has 2 atom stereocenters. The Morgan fingerprint density at radius 3 is 2.58 bits per heavy atom. The number of allylic oxidation sites excluding steroid dienone is 6. The van der Waals surface area contributed by atoms with Crippen LogP contribution in [0.5, 0.6) is 0 Å². The fourth-order valence-corrected chi connectivity index (χ4v) is 1.35. The first-order valence-corrected chi connectivity index (χ1v) is 4.80. The van der Waals surface area contributed by atoms with Crippen LogP contribution in [0.15, 0.2) is 36.5 Å². The van der Waals surface area contributed by atoms with Gasteiger partial charge in [0.25, 0.3) is 0 Å². The largest absolute Gasteiger partial charge is 0.0845 e. The molecule has 0 aromatic carbocycles. The van der Waals surface area contributed by atoms with Crippen molar-refractivity contribution < 1.29 is 0 Å². The molecule has 0 heterocycles. The van der Waals surface area contributed by atoms with Crippen molar-refractivity contribution in [1.82, 2.24) is 0 Å². The van der Waals surface area contributed by atoms with E-state index in [4.69, 9.17) is 0 Å². The lowest BCUT2D eigenvalue weighted by molar-refractivity contribution is 0.431. The van der Waals surface area contributed by atoms with Gasteiger partial charge < -0.3 is 0 Å². The minimum Gasteiger partial charge on any atom is -0.0845 e. The number of rotatable bonds is 0. The van der Waals surface area contributed by atoms with Gasteiger partial charge in [-0.1, -0.05) is 50.3 Å². The van der Waals surface area contributed by atoms with Gasteiger partial charge in [0.05, 0.1) is 0 Å². The third kappa shape index (κ3) is 3.08. The normalized spacial score (nSPS) is 38.5. The van der Waals surface area contributed by atoms with Crippen molar-refractivity contribution in [2.75, 3.05) is 0 Å². The first-order valence-electron chi connectivity index (χ1n) is 4.80. The lowest BCUT2D eigenvalue weighted by Crippen LogP contribution is -2.04. The molecule has 0 radical (unpaired) electrons. The van der Waals surface area contributed by atoms with Crippen molar-refractivity contribution in [2.45, 2.75) is 26.7 Å². The molecule has 0 unspecified atom stereocenters. The van der Waals surface area contributed by atoms with E-state index >= 15 is 0 Å². The SMILES string of the molecule is C[C@@H]1\C=C/C=C\C=C\CC[C@H]1C. The Morgan fingerprint density at radius 1 is 1.00 bits per heavy atom. The Kier molecular flexibility index (Phi) is 3.86. The summed E-state index contributed by atoms with van der Waals surface area (Å²) < 4.78 is 0. The average Bonchev–Trinajstić information content (AvgIpc) is 2.08. The molecule has 0 aliphatic heterocycles. The van der Waals surface area contributed by atoms with E-state index in [9.17, 15) is 0 Å². The molecule has 0 saturated carbocycles. The van der Waals surface area contributed by atoms with Gasteiger partial charge in [-0.2, -0.15) is 0 Å². The fourth-order valence-electron chi connectivity index (χ4n) is 1.35. The molecule has 0 spiro atoms. The van der Waals surface area contributed by atoms with Crippen LogP contribution in [0.4, 0.5) is 0 Å². The predicted molar refractivity (Wildman–Crippen MR) is 55.0 cm³/mol. The summed E-state index contributed by atoms with van der Waals surface area (Å²) in [4.78, 5) is 0. The molecule has 0 nitrogen and oxygen atoms in total. The summed E-state index contributed by atoms with van der Waals surface area (Å²) in [6, 6.07) is 0. The first kappa shape index (κ1) is 9.31. The van der Waals surface area contributed by atoms with Gasteiger partial charge in [0, 0.05) is 0 Å². The van der Waals surface area contributed by atoms with Crippen molar-refractivity contribution in [3.05, 3.63) is 36.5 Å². The molecule has 1 aliphatic rings. The Morgan fingerprint density at radius 2 is 1.75 bits per heavy atom.